The molecule has 1 aromatic heterocycles. The summed E-state index contributed by atoms with van der Waals surface area (Å²) in [6.45, 7) is 2.74. The van der Waals surface area contributed by atoms with E-state index in [0.29, 0.717) is 5.02 Å². The largest absolute Gasteiger partial charge is 0.356 e. The highest BCUT2D eigenvalue weighted by atomic mass is 35.5. The molecule has 1 aliphatic heterocycles. The minimum Gasteiger partial charge on any atom is -0.356 e. The van der Waals surface area contributed by atoms with Gasteiger partial charge in [-0.05, 0) is 44.4 Å². The second-order valence-corrected chi connectivity index (χ2v) is 5.54. The molecule has 2 aromatic rings. The number of hydrogen-bond acceptors (Lipinski definition) is 3. The summed E-state index contributed by atoms with van der Waals surface area (Å²) in [6.07, 6.45) is 3.32. The Morgan fingerprint density at radius 2 is 2.32 bits per heavy atom. The van der Waals surface area contributed by atoms with Crippen LogP contribution >= 0.6 is 11.6 Å². The van der Waals surface area contributed by atoms with Crippen molar-refractivity contribution in [3.05, 3.63) is 28.9 Å². The van der Waals surface area contributed by atoms with Gasteiger partial charge in [-0.15, -0.1) is 0 Å². The zero-order valence-corrected chi connectivity index (χ0v) is 11.7. The highest BCUT2D eigenvalue weighted by Gasteiger charge is 2.22. The van der Waals surface area contributed by atoms with E-state index in [9.17, 15) is 0 Å². The molecule has 2 heterocycles. The van der Waals surface area contributed by atoms with Crippen molar-refractivity contribution in [1.29, 1.82) is 0 Å². The fraction of sp³-hybridized carbons (Fsp3) is 0.500. The molecular weight excluding hydrogens is 262 g/mol. The number of ether oxygens (including phenoxy) is 1. The molecule has 0 bridgehead atoms. The quantitative estimate of drug-likeness (QED) is 0.916. The minimum absolute atomic E-state index is 0.0184. The van der Waals surface area contributed by atoms with E-state index in [4.69, 9.17) is 22.1 Å². The lowest BCUT2D eigenvalue weighted by Gasteiger charge is -2.23. The van der Waals surface area contributed by atoms with Crippen LogP contribution < -0.4 is 5.73 Å². The van der Waals surface area contributed by atoms with Crippen molar-refractivity contribution in [2.24, 2.45) is 5.73 Å². The van der Waals surface area contributed by atoms with Gasteiger partial charge in [0.1, 0.15) is 0 Å². The average molecular weight is 280 g/mol. The molecule has 1 aromatic carbocycles. The molecule has 2 unspecified atom stereocenters. The Morgan fingerprint density at radius 1 is 1.47 bits per heavy atom. The van der Waals surface area contributed by atoms with E-state index in [1.165, 1.54) is 6.42 Å². The lowest BCUT2D eigenvalue weighted by atomic mass is 10.1. The first kappa shape index (κ1) is 12.9. The summed E-state index contributed by atoms with van der Waals surface area (Å²) in [6, 6.07) is 5.69. The maximum atomic E-state index is 6.08. The number of aromatic nitrogens is 2. The summed E-state index contributed by atoms with van der Waals surface area (Å²) in [5, 5.41) is 6.39. The smallest absolute Gasteiger partial charge is 0.150 e. The zero-order chi connectivity index (χ0) is 13.4. The Kier molecular flexibility index (Phi) is 3.48. The molecule has 1 fully saturated rings. The standard InChI is InChI=1S/C14H18ClN3O/c1-9(16)14-11-8-10(15)5-6-12(11)18(17-14)13-4-2-3-7-19-13/h5-6,8-9,13H,2-4,7,16H2,1H3. The van der Waals surface area contributed by atoms with Gasteiger partial charge in [0.2, 0.25) is 0 Å². The van der Waals surface area contributed by atoms with Crippen LogP contribution in [-0.4, -0.2) is 16.4 Å². The third-order valence-electron chi connectivity index (χ3n) is 3.56. The molecule has 0 amide bonds. The maximum absolute atomic E-state index is 6.08. The van der Waals surface area contributed by atoms with Crippen molar-refractivity contribution in [3.8, 4) is 0 Å². The Bertz CT molecular complexity index is 588. The van der Waals surface area contributed by atoms with Gasteiger partial charge in [0.25, 0.3) is 0 Å². The molecule has 0 aliphatic carbocycles. The van der Waals surface area contributed by atoms with Crippen LogP contribution in [0.2, 0.25) is 5.02 Å². The van der Waals surface area contributed by atoms with Crippen LogP contribution in [0, 0.1) is 0 Å². The Hall–Kier alpha value is -1.10. The normalized spacial score (nSPS) is 21.7. The minimum atomic E-state index is -0.120. The Balaban J connectivity index is 2.13. The third-order valence-corrected chi connectivity index (χ3v) is 3.79. The van der Waals surface area contributed by atoms with Crippen LogP contribution in [0.25, 0.3) is 10.9 Å². The van der Waals surface area contributed by atoms with E-state index in [0.717, 1.165) is 36.0 Å². The molecule has 5 heteroatoms. The van der Waals surface area contributed by atoms with Gasteiger partial charge >= 0.3 is 0 Å². The van der Waals surface area contributed by atoms with E-state index in [1.54, 1.807) is 0 Å². The molecule has 102 valence electrons. The molecule has 1 saturated heterocycles. The predicted molar refractivity (Wildman–Crippen MR) is 76.2 cm³/mol. The van der Waals surface area contributed by atoms with Crippen molar-refractivity contribution in [2.45, 2.75) is 38.5 Å². The van der Waals surface area contributed by atoms with Crippen molar-refractivity contribution in [3.63, 3.8) is 0 Å². The summed E-state index contributed by atoms with van der Waals surface area (Å²) < 4.78 is 7.78. The van der Waals surface area contributed by atoms with Crippen LogP contribution in [0.1, 0.15) is 44.1 Å². The van der Waals surface area contributed by atoms with Crippen LogP contribution in [0.4, 0.5) is 0 Å². The maximum Gasteiger partial charge on any atom is 0.150 e. The highest BCUT2D eigenvalue weighted by molar-refractivity contribution is 6.31. The predicted octanol–water partition coefficient (Wildman–Crippen LogP) is 3.41. The molecule has 2 N–H and O–H groups in total. The average Bonchev–Trinajstić information content (AvgIpc) is 2.78. The molecule has 19 heavy (non-hydrogen) atoms. The van der Waals surface area contributed by atoms with Gasteiger partial charge < -0.3 is 10.5 Å². The molecule has 2 atom stereocenters. The van der Waals surface area contributed by atoms with Crippen molar-refractivity contribution in [1.82, 2.24) is 9.78 Å². The fourth-order valence-corrected chi connectivity index (χ4v) is 2.78. The van der Waals surface area contributed by atoms with E-state index in [-0.39, 0.29) is 12.3 Å². The van der Waals surface area contributed by atoms with Gasteiger partial charge in [0, 0.05) is 23.1 Å². The molecule has 0 saturated carbocycles. The summed E-state index contributed by atoms with van der Waals surface area (Å²) in [5.41, 5.74) is 7.94. The molecular formula is C14H18ClN3O. The van der Waals surface area contributed by atoms with E-state index in [1.807, 2.05) is 29.8 Å². The van der Waals surface area contributed by atoms with Gasteiger partial charge in [-0.25, -0.2) is 4.68 Å². The van der Waals surface area contributed by atoms with Crippen LogP contribution in [0.3, 0.4) is 0 Å². The zero-order valence-electron chi connectivity index (χ0n) is 11.0. The number of benzene rings is 1. The summed E-state index contributed by atoms with van der Waals surface area (Å²) in [4.78, 5) is 0. The van der Waals surface area contributed by atoms with Crippen LogP contribution in [-0.2, 0) is 4.74 Å². The number of rotatable bonds is 2. The first-order valence-corrected chi connectivity index (χ1v) is 7.09. The number of nitrogens with zero attached hydrogens (tertiary/aromatic N) is 2. The summed E-state index contributed by atoms with van der Waals surface area (Å²) in [5.74, 6) is 0. The van der Waals surface area contributed by atoms with Crippen molar-refractivity contribution >= 4 is 22.5 Å². The van der Waals surface area contributed by atoms with E-state index in [2.05, 4.69) is 5.10 Å². The van der Waals surface area contributed by atoms with Gasteiger partial charge in [0.05, 0.1) is 11.2 Å². The number of fused-ring (bicyclic) bond motifs is 1. The number of nitrogens with two attached hydrogens (primary N) is 1. The Morgan fingerprint density at radius 3 is 3.00 bits per heavy atom. The summed E-state index contributed by atoms with van der Waals surface area (Å²) in [7, 11) is 0. The fourth-order valence-electron chi connectivity index (χ4n) is 2.61. The van der Waals surface area contributed by atoms with Gasteiger partial charge in [-0.1, -0.05) is 11.6 Å². The van der Waals surface area contributed by atoms with Gasteiger partial charge in [-0.3, -0.25) is 0 Å². The van der Waals surface area contributed by atoms with Gasteiger partial charge in [-0.2, -0.15) is 5.10 Å². The molecule has 1 aliphatic rings. The van der Waals surface area contributed by atoms with E-state index < -0.39 is 0 Å². The van der Waals surface area contributed by atoms with Crippen LogP contribution in [0.5, 0.6) is 0 Å². The molecule has 3 rings (SSSR count). The Labute approximate surface area is 117 Å². The van der Waals surface area contributed by atoms with Crippen molar-refractivity contribution < 1.29 is 4.74 Å². The van der Waals surface area contributed by atoms with Crippen molar-refractivity contribution in [2.75, 3.05) is 6.61 Å². The number of hydrogen-bond donors (Lipinski definition) is 1. The molecule has 4 nitrogen and oxygen atoms in total. The third kappa shape index (κ3) is 2.36. The first-order valence-electron chi connectivity index (χ1n) is 6.71. The lowest BCUT2D eigenvalue weighted by molar-refractivity contribution is -0.0369. The topological polar surface area (TPSA) is 53.1 Å². The molecule has 0 radical (unpaired) electrons. The number of halogens is 1. The van der Waals surface area contributed by atoms with E-state index >= 15 is 0 Å². The lowest BCUT2D eigenvalue weighted by Crippen LogP contribution is -2.19. The highest BCUT2D eigenvalue weighted by Crippen LogP contribution is 2.31. The van der Waals surface area contributed by atoms with Gasteiger partial charge in [0.15, 0.2) is 6.23 Å². The summed E-state index contributed by atoms with van der Waals surface area (Å²) >= 11 is 6.08. The monoisotopic (exact) mass is 279 g/mol. The van der Waals surface area contributed by atoms with Crippen LogP contribution in [0.15, 0.2) is 18.2 Å². The SMILES string of the molecule is CC(N)c1nn(C2CCCCO2)c2ccc(Cl)cc12. The second kappa shape index (κ2) is 5.12. The first-order chi connectivity index (χ1) is 9.16. The second-order valence-electron chi connectivity index (χ2n) is 5.10. The molecule has 0 spiro atoms.